The Morgan fingerprint density at radius 2 is 1.94 bits per heavy atom. The van der Waals surface area contributed by atoms with E-state index in [4.69, 9.17) is 4.74 Å². The van der Waals surface area contributed by atoms with Crippen LogP contribution in [0.3, 0.4) is 0 Å². The molecular formula is C13H16BrNO2S. The van der Waals surface area contributed by atoms with E-state index >= 15 is 0 Å². The highest BCUT2D eigenvalue weighted by molar-refractivity contribution is 9.10. The second-order valence-corrected chi connectivity index (χ2v) is 6.48. The predicted octanol–water partition coefficient (Wildman–Crippen LogP) is 2.79. The van der Waals surface area contributed by atoms with Crippen LogP contribution in [0.5, 0.6) is 0 Å². The number of hydrogen-bond donors (Lipinski definition) is 0. The number of morpholine rings is 1. The van der Waals surface area contributed by atoms with Crippen molar-refractivity contribution in [1.82, 2.24) is 4.90 Å². The summed E-state index contributed by atoms with van der Waals surface area (Å²) in [5.74, 6) is 0.200. The molecule has 1 aliphatic heterocycles. The van der Waals surface area contributed by atoms with Crippen LogP contribution in [-0.4, -0.2) is 42.4 Å². The minimum Gasteiger partial charge on any atom is -0.378 e. The zero-order valence-electron chi connectivity index (χ0n) is 10.3. The van der Waals surface area contributed by atoms with Gasteiger partial charge in [0.1, 0.15) is 0 Å². The molecule has 0 radical (unpaired) electrons. The van der Waals surface area contributed by atoms with Gasteiger partial charge in [0, 0.05) is 22.5 Å². The number of ether oxygens (including phenoxy) is 1. The van der Waals surface area contributed by atoms with Crippen LogP contribution < -0.4 is 0 Å². The maximum absolute atomic E-state index is 12.2. The minimum absolute atomic E-state index is 0.0516. The van der Waals surface area contributed by atoms with Crippen LogP contribution >= 0.6 is 27.7 Å². The third kappa shape index (κ3) is 3.73. The van der Waals surface area contributed by atoms with Crippen LogP contribution in [0.15, 0.2) is 33.6 Å². The first kappa shape index (κ1) is 13.9. The lowest BCUT2D eigenvalue weighted by Crippen LogP contribution is -2.44. The van der Waals surface area contributed by atoms with Crippen molar-refractivity contribution in [2.45, 2.75) is 17.1 Å². The molecule has 1 amide bonds. The Bertz CT molecular complexity index is 404. The highest BCUT2D eigenvalue weighted by Crippen LogP contribution is 2.26. The van der Waals surface area contributed by atoms with E-state index in [0.29, 0.717) is 26.3 Å². The summed E-state index contributed by atoms with van der Waals surface area (Å²) in [6, 6.07) is 8.04. The van der Waals surface area contributed by atoms with E-state index in [9.17, 15) is 4.79 Å². The fourth-order valence-electron chi connectivity index (χ4n) is 1.81. The lowest BCUT2D eigenvalue weighted by molar-refractivity contribution is -0.134. The van der Waals surface area contributed by atoms with Gasteiger partial charge in [0.15, 0.2) is 0 Å². The van der Waals surface area contributed by atoms with Gasteiger partial charge in [0.25, 0.3) is 0 Å². The van der Waals surface area contributed by atoms with E-state index in [1.54, 1.807) is 11.8 Å². The molecule has 98 valence electrons. The largest absolute Gasteiger partial charge is 0.378 e. The normalized spacial score (nSPS) is 17.6. The van der Waals surface area contributed by atoms with Crippen molar-refractivity contribution in [1.29, 1.82) is 0 Å². The summed E-state index contributed by atoms with van der Waals surface area (Å²) in [6.45, 7) is 4.70. The average Bonchev–Trinajstić information content (AvgIpc) is 2.41. The molecule has 0 aromatic heterocycles. The fourth-order valence-corrected chi connectivity index (χ4v) is 3.02. The summed E-state index contributed by atoms with van der Waals surface area (Å²) in [6.07, 6.45) is 0. The SMILES string of the molecule is CC(Sc1ccc(Br)cc1)C(=O)N1CCOCC1. The van der Waals surface area contributed by atoms with Crippen molar-refractivity contribution < 1.29 is 9.53 Å². The average molecular weight is 330 g/mol. The maximum Gasteiger partial charge on any atom is 0.235 e. The summed E-state index contributed by atoms with van der Waals surface area (Å²) in [7, 11) is 0. The molecule has 0 spiro atoms. The second-order valence-electron chi connectivity index (χ2n) is 4.15. The molecule has 1 aromatic carbocycles. The van der Waals surface area contributed by atoms with Gasteiger partial charge < -0.3 is 9.64 Å². The lowest BCUT2D eigenvalue weighted by atomic mass is 10.3. The molecule has 3 nitrogen and oxygen atoms in total. The summed E-state index contributed by atoms with van der Waals surface area (Å²) in [5, 5.41) is -0.0516. The Labute approximate surface area is 120 Å². The maximum atomic E-state index is 12.2. The summed E-state index contributed by atoms with van der Waals surface area (Å²) in [4.78, 5) is 15.2. The Balaban J connectivity index is 1.92. The van der Waals surface area contributed by atoms with Crippen molar-refractivity contribution in [3.63, 3.8) is 0 Å². The highest BCUT2D eigenvalue weighted by Gasteiger charge is 2.22. The molecule has 0 N–H and O–H groups in total. The topological polar surface area (TPSA) is 29.5 Å². The lowest BCUT2D eigenvalue weighted by Gasteiger charge is -2.29. The number of carbonyl (C=O) groups excluding carboxylic acids is 1. The number of halogens is 1. The summed E-state index contributed by atoms with van der Waals surface area (Å²) >= 11 is 5.01. The van der Waals surface area contributed by atoms with E-state index in [1.807, 2.05) is 36.1 Å². The van der Waals surface area contributed by atoms with Crippen molar-refractivity contribution in [2.75, 3.05) is 26.3 Å². The molecule has 0 bridgehead atoms. The van der Waals surface area contributed by atoms with Gasteiger partial charge in [0.05, 0.1) is 18.5 Å². The second kappa shape index (κ2) is 6.59. The van der Waals surface area contributed by atoms with Crippen molar-refractivity contribution >= 4 is 33.6 Å². The van der Waals surface area contributed by atoms with Crippen LogP contribution in [0.4, 0.5) is 0 Å². The van der Waals surface area contributed by atoms with Gasteiger partial charge in [-0.1, -0.05) is 15.9 Å². The molecule has 0 aliphatic carbocycles. The van der Waals surface area contributed by atoms with E-state index in [-0.39, 0.29) is 11.2 Å². The third-order valence-corrected chi connectivity index (χ3v) is 4.43. The van der Waals surface area contributed by atoms with Crippen LogP contribution in [0, 0.1) is 0 Å². The number of carbonyl (C=O) groups is 1. The van der Waals surface area contributed by atoms with Crippen LogP contribution in [0.1, 0.15) is 6.92 Å². The zero-order valence-corrected chi connectivity index (χ0v) is 12.7. The molecule has 1 unspecified atom stereocenters. The van der Waals surface area contributed by atoms with Crippen molar-refractivity contribution in [3.8, 4) is 0 Å². The number of thioether (sulfide) groups is 1. The molecule has 1 fully saturated rings. The molecule has 2 rings (SSSR count). The number of benzene rings is 1. The zero-order chi connectivity index (χ0) is 13.0. The standard InChI is InChI=1S/C13H16BrNO2S/c1-10(13(16)15-6-8-17-9-7-15)18-12-4-2-11(14)3-5-12/h2-5,10H,6-9H2,1H3. The Morgan fingerprint density at radius 1 is 1.33 bits per heavy atom. The summed E-state index contributed by atoms with van der Waals surface area (Å²) in [5.41, 5.74) is 0. The minimum atomic E-state index is -0.0516. The smallest absolute Gasteiger partial charge is 0.235 e. The van der Waals surface area contributed by atoms with Crippen molar-refractivity contribution in [3.05, 3.63) is 28.7 Å². The van der Waals surface area contributed by atoms with Crippen molar-refractivity contribution in [2.24, 2.45) is 0 Å². The number of nitrogens with zero attached hydrogens (tertiary/aromatic N) is 1. The predicted molar refractivity (Wildman–Crippen MR) is 76.9 cm³/mol. The van der Waals surface area contributed by atoms with Gasteiger partial charge in [-0.3, -0.25) is 4.79 Å². The molecule has 1 saturated heterocycles. The molecule has 1 heterocycles. The number of hydrogen-bond acceptors (Lipinski definition) is 3. The van der Waals surface area contributed by atoms with Gasteiger partial charge in [-0.15, -0.1) is 11.8 Å². The molecule has 1 aromatic rings. The molecule has 0 saturated carbocycles. The quantitative estimate of drug-likeness (QED) is 0.798. The molecular weight excluding hydrogens is 314 g/mol. The van der Waals surface area contributed by atoms with E-state index in [2.05, 4.69) is 15.9 Å². The molecule has 18 heavy (non-hydrogen) atoms. The number of amides is 1. The highest BCUT2D eigenvalue weighted by atomic mass is 79.9. The van der Waals surface area contributed by atoms with E-state index in [0.717, 1.165) is 9.37 Å². The first-order chi connectivity index (χ1) is 8.66. The Hall–Kier alpha value is -0.520. The molecule has 5 heteroatoms. The monoisotopic (exact) mass is 329 g/mol. The van der Waals surface area contributed by atoms with Gasteiger partial charge in [-0.05, 0) is 31.2 Å². The van der Waals surface area contributed by atoms with Crippen LogP contribution in [0.25, 0.3) is 0 Å². The van der Waals surface area contributed by atoms with E-state index < -0.39 is 0 Å². The first-order valence-corrected chi connectivity index (χ1v) is 7.63. The summed E-state index contributed by atoms with van der Waals surface area (Å²) < 4.78 is 6.31. The number of rotatable bonds is 3. The van der Waals surface area contributed by atoms with Gasteiger partial charge in [-0.2, -0.15) is 0 Å². The molecule has 1 atom stereocenters. The third-order valence-electron chi connectivity index (χ3n) is 2.80. The molecule has 1 aliphatic rings. The van der Waals surface area contributed by atoms with Crippen LogP contribution in [-0.2, 0) is 9.53 Å². The fraction of sp³-hybridized carbons (Fsp3) is 0.462. The Kier molecular flexibility index (Phi) is 5.09. The van der Waals surface area contributed by atoms with Gasteiger partial charge in [-0.25, -0.2) is 0 Å². The first-order valence-electron chi connectivity index (χ1n) is 5.95. The van der Waals surface area contributed by atoms with Gasteiger partial charge in [0.2, 0.25) is 5.91 Å². The van der Waals surface area contributed by atoms with Gasteiger partial charge >= 0.3 is 0 Å². The van der Waals surface area contributed by atoms with Crippen LogP contribution in [0.2, 0.25) is 0 Å². The Morgan fingerprint density at radius 3 is 2.56 bits per heavy atom. The van der Waals surface area contributed by atoms with E-state index in [1.165, 1.54) is 0 Å².